The fourth-order valence-corrected chi connectivity index (χ4v) is 2.65. The molecule has 1 heterocycles. The van der Waals surface area contributed by atoms with Crippen molar-refractivity contribution in [3.05, 3.63) is 29.6 Å². The monoisotopic (exact) mass is 543 g/mol. The number of hydrogen-bond acceptors (Lipinski definition) is 5. The van der Waals surface area contributed by atoms with E-state index in [4.69, 9.17) is 14.2 Å². The van der Waals surface area contributed by atoms with E-state index >= 15 is 0 Å². The van der Waals surface area contributed by atoms with Crippen LogP contribution in [0.5, 0.6) is 17.2 Å². The van der Waals surface area contributed by atoms with Crippen molar-refractivity contribution >= 4 is 35.6 Å². The molecule has 0 aliphatic carbocycles. The van der Waals surface area contributed by atoms with Crippen molar-refractivity contribution in [2.75, 3.05) is 33.2 Å². The molecular formula is C18H25F3IN5O3. The van der Waals surface area contributed by atoms with Crippen LogP contribution in [0.25, 0.3) is 0 Å². The highest BCUT2D eigenvalue weighted by Crippen LogP contribution is 2.40. The van der Waals surface area contributed by atoms with E-state index in [1.54, 1.807) is 12.1 Å². The van der Waals surface area contributed by atoms with Crippen LogP contribution < -0.4 is 24.8 Å². The van der Waals surface area contributed by atoms with Gasteiger partial charge in [-0.25, -0.2) is 4.99 Å². The van der Waals surface area contributed by atoms with E-state index < -0.39 is 11.9 Å². The zero-order valence-electron chi connectivity index (χ0n) is 17.3. The van der Waals surface area contributed by atoms with E-state index in [9.17, 15) is 13.2 Å². The largest absolute Gasteiger partial charge is 0.493 e. The maximum Gasteiger partial charge on any atom is 0.435 e. The van der Waals surface area contributed by atoms with E-state index in [1.165, 1.54) is 34.6 Å². The van der Waals surface area contributed by atoms with E-state index in [0.29, 0.717) is 35.4 Å². The molecule has 0 fully saturated rings. The molecular weight excluding hydrogens is 518 g/mol. The summed E-state index contributed by atoms with van der Waals surface area (Å²) in [6.45, 7) is 2.15. The van der Waals surface area contributed by atoms with Crippen molar-refractivity contribution in [1.29, 1.82) is 0 Å². The van der Waals surface area contributed by atoms with Crippen LogP contribution in [0.4, 0.5) is 18.9 Å². The van der Waals surface area contributed by atoms with E-state index in [0.717, 1.165) is 4.68 Å². The summed E-state index contributed by atoms with van der Waals surface area (Å²) in [5.41, 5.74) is -0.420. The zero-order valence-corrected chi connectivity index (χ0v) is 19.6. The molecule has 0 aliphatic rings. The first-order valence-electron chi connectivity index (χ1n) is 8.68. The number of halogens is 4. The normalized spacial score (nSPS) is 11.5. The van der Waals surface area contributed by atoms with Crippen LogP contribution in [-0.4, -0.2) is 43.6 Å². The minimum Gasteiger partial charge on any atom is -0.493 e. The minimum absolute atomic E-state index is 0. The fourth-order valence-electron chi connectivity index (χ4n) is 2.65. The third-order valence-electron chi connectivity index (χ3n) is 3.85. The molecule has 12 heteroatoms. The van der Waals surface area contributed by atoms with Gasteiger partial charge in [-0.15, -0.1) is 24.0 Å². The molecule has 0 atom stereocenters. The summed E-state index contributed by atoms with van der Waals surface area (Å²) in [7, 11) is 5.90. The molecule has 0 spiro atoms. The highest BCUT2D eigenvalue weighted by Gasteiger charge is 2.36. The van der Waals surface area contributed by atoms with Gasteiger partial charge < -0.3 is 24.8 Å². The Morgan fingerprint density at radius 1 is 1.13 bits per heavy atom. The van der Waals surface area contributed by atoms with Crippen molar-refractivity contribution in [2.24, 2.45) is 12.0 Å². The zero-order chi connectivity index (χ0) is 21.6. The molecule has 30 heavy (non-hydrogen) atoms. The maximum atomic E-state index is 13.1. The first-order chi connectivity index (χ1) is 13.7. The lowest BCUT2D eigenvalue weighted by Gasteiger charge is -2.16. The fraction of sp³-hybridized carbons (Fsp3) is 0.444. The molecule has 1 aromatic heterocycles. The number of anilines is 1. The lowest BCUT2D eigenvalue weighted by atomic mass is 10.2. The summed E-state index contributed by atoms with van der Waals surface area (Å²) >= 11 is 0. The number of nitrogens with one attached hydrogen (secondary N) is 2. The predicted molar refractivity (Wildman–Crippen MR) is 118 cm³/mol. The summed E-state index contributed by atoms with van der Waals surface area (Å²) in [6.07, 6.45) is -3.25. The number of guanidine groups is 1. The summed E-state index contributed by atoms with van der Waals surface area (Å²) in [5, 5.41) is 9.51. The summed E-state index contributed by atoms with van der Waals surface area (Å²) in [6, 6.07) is 3.33. The summed E-state index contributed by atoms with van der Waals surface area (Å²) < 4.78 is 56.4. The van der Waals surface area contributed by atoms with Crippen LogP contribution in [0.1, 0.15) is 18.2 Å². The Bertz CT molecular complexity index is 846. The van der Waals surface area contributed by atoms with Gasteiger partial charge in [-0.2, -0.15) is 18.3 Å². The first kappa shape index (κ1) is 25.7. The van der Waals surface area contributed by atoms with Gasteiger partial charge in [0.05, 0.1) is 27.9 Å². The second kappa shape index (κ2) is 11.1. The maximum absolute atomic E-state index is 13.1. The Balaban J connectivity index is 0.00000450. The number of aryl methyl sites for hydroxylation is 1. The standard InChI is InChI=1S/C18H24F3N5O3.HI/c1-6-22-17(23-9-11-10-26(2)25-16(11)18(19,20)21)24-12-7-13(27-3)15(29-5)14(8-12)28-4;/h7-8,10H,6,9H2,1-5H3,(H2,22,23,24);1H. The third kappa shape index (κ3) is 6.31. The number of methoxy groups -OCH3 is 3. The number of alkyl halides is 3. The number of rotatable bonds is 7. The van der Waals surface area contributed by atoms with Crippen molar-refractivity contribution in [2.45, 2.75) is 19.6 Å². The molecule has 1 aromatic carbocycles. The Morgan fingerprint density at radius 2 is 1.73 bits per heavy atom. The van der Waals surface area contributed by atoms with Gasteiger partial charge >= 0.3 is 6.18 Å². The van der Waals surface area contributed by atoms with E-state index in [2.05, 4.69) is 20.7 Å². The van der Waals surface area contributed by atoms with Crippen molar-refractivity contribution in [3.8, 4) is 17.2 Å². The summed E-state index contributed by atoms with van der Waals surface area (Å²) in [4.78, 5) is 4.25. The van der Waals surface area contributed by atoms with Gasteiger partial charge in [-0.3, -0.25) is 4.68 Å². The smallest absolute Gasteiger partial charge is 0.435 e. The van der Waals surface area contributed by atoms with Crippen molar-refractivity contribution in [3.63, 3.8) is 0 Å². The van der Waals surface area contributed by atoms with Crippen LogP contribution >= 0.6 is 24.0 Å². The van der Waals surface area contributed by atoms with Gasteiger partial charge in [0.15, 0.2) is 23.2 Å². The number of ether oxygens (including phenoxy) is 3. The van der Waals surface area contributed by atoms with Crippen LogP contribution in [0.15, 0.2) is 23.3 Å². The van der Waals surface area contributed by atoms with Gasteiger partial charge in [0.1, 0.15) is 0 Å². The van der Waals surface area contributed by atoms with E-state index in [-0.39, 0.29) is 36.1 Å². The molecule has 0 radical (unpaired) electrons. The third-order valence-corrected chi connectivity index (χ3v) is 3.85. The second-order valence-electron chi connectivity index (χ2n) is 5.91. The van der Waals surface area contributed by atoms with E-state index in [1.807, 2.05) is 6.92 Å². The molecule has 0 aliphatic heterocycles. The van der Waals surface area contributed by atoms with Crippen LogP contribution in [-0.2, 0) is 19.8 Å². The number of aliphatic imine (C=N–C) groups is 1. The van der Waals surface area contributed by atoms with Gasteiger partial charge in [0.2, 0.25) is 5.75 Å². The lowest BCUT2D eigenvalue weighted by molar-refractivity contribution is -0.142. The van der Waals surface area contributed by atoms with Gasteiger partial charge in [-0.05, 0) is 6.92 Å². The molecule has 2 rings (SSSR count). The van der Waals surface area contributed by atoms with Crippen LogP contribution in [0.2, 0.25) is 0 Å². The van der Waals surface area contributed by atoms with Crippen molar-refractivity contribution in [1.82, 2.24) is 15.1 Å². The highest BCUT2D eigenvalue weighted by atomic mass is 127. The molecule has 8 nitrogen and oxygen atoms in total. The average Bonchev–Trinajstić information content (AvgIpc) is 3.06. The number of hydrogen-bond donors (Lipinski definition) is 2. The Hall–Kier alpha value is -2.38. The Labute approximate surface area is 189 Å². The van der Waals surface area contributed by atoms with Gasteiger partial charge in [0.25, 0.3) is 0 Å². The minimum atomic E-state index is -4.55. The van der Waals surface area contributed by atoms with Crippen LogP contribution in [0.3, 0.4) is 0 Å². The summed E-state index contributed by atoms with van der Waals surface area (Å²) in [5.74, 6) is 1.57. The molecule has 0 amide bonds. The molecule has 2 N–H and O–H groups in total. The molecule has 0 saturated heterocycles. The van der Waals surface area contributed by atoms with Gasteiger partial charge in [0, 0.05) is 43.2 Å². The number of nitrogens with zero attached hydrogens (tertiary/aromatic N) is 3. The molecule has 168 valence electrons. The Kier molecular flexibility index (Phi) is 9.52. The molecule has 0 saturated carbocycles. The second-order valence-corrected chi connectivity index (χ2v) is 5.91. The van der Waals surface area contributed by atoms with Crippen LogP contribution in [0, 0.1) is 0 Å². The molecule has 0 bridgehead atoms. The Morgan fingerprint density at radius 3 is 2.20 bits per heavy atom. The highest BCUT2D eigenvalue weighted by molar-refractivity contribution is 14.0. The molecule has 0 unspecified atom stereocenters. The average molecular weight is 543 g/mol. The predicted octanol–water partition coefficient (Wildman–Crippen LogP) is 3.66. The number of aromatic nitrogens is 2. The lowest BCUT2D eigenvalue weighted by Crippen LogP contribution is -2.30. The molecule has 2 aromatic rings. The van der Waals surface area contributed by atoms with Gasteiger partial charge in [-0.1, -0.05) is 0 Å². The van der Waals surface area contributed by atoms with Crippen molar-refractivity contribution < 1.29 is 27.4 Å². The first-order valence-corrected chi connectivity index (χ1v) is 8.68. The quantitative estimate of drug-likeness (QED) is 0.315. The topological polar surface area (TPSA) is 81.9 Å². The SMILES string of the molecule is CCNC(=NCc1cn(C)nc1C(F)(F)F)Nc1cc(OC)c(OC)c(OC)c1.I. The number of benzene rings is 1.